The Bertz CT molecular complexity index is 721. The number of fused-ring (bicyclic) bond motifs is 1. The first-order valence-corrected chi connectivity index (χ1v) is 9.38. The molecule has 0 N–H and O–H groups in total. The van der Waals surface area contributed by atoms with E-state index in [9.17, 15) is 0 Å². The second kappa shape index (κ2) is 6.41. The Morgan fingerprint density at radius 1 is 1.09 bits per heavy atom. The molecule has 1 unspecified atom stereocenters. The highest BCUT2D eigenvalue weighted by Crippen LogP contribution is 2.37. The van der Waals surface area contributed by atoms with Gasteiger partial charge in [0.25, 0.3) is 0 Å². The molecule has 1 fully saturated rings. The van der Waals surface area contributed by atoms with Gasteiger partial charge in [-0.05, 0) is 37.1 Å². The summed E-state index contributed by atoms with van der Waals surface area (Å²) in [4.78, 5) is 7.36. The van der Waals surface area contributed by atoms with Gasteiger partial charge in [0.1, 0.15) is 0 Å². The van der Waals surface area contributed by atoms with Crippen molar-refractivity contribution < 1.29 is 0 Å². The fourth-order valence-corrected chi connectivity index (χ4v) is 5.44. The molecule has 3 aromatic rings. The van der Waals surface area contributed by atoms with Gasteiger partial charge in [0, 0.05) is 6.54 Å². The van der Waals surface area contributed by atoms with E-state index in [1.54, 1.807) is 0 Å². The predicted molar refractivity (Wildman–Crippen MR) is 95.4 cm³/mol. The summed E-state index contributed by atoms with van der Waals surface area (Å²) in [5, 5.41) is 0.556. The van der Waals surface area contributed by atoms with Crippen LogP contribution in [0.15, 0.2) is 58.9 Å². The molecule has 4 rings (SSSR count). The van der Waals surface area contributed by atoms with Crippen LogP contribution in [0.2, 0.25) is 0 Å². The van der Waals surface area contributed by atoms with Gasteiger partial charge in [0.2, 0.25) is 0 Å². The lowest BCUT2D eigenvalue weighted by Crippen LogP contribution is -2.26. The van der Waals surface area contributed by atoms with Crippen molar-refractivity contribution in [3.8, 4) is 0 Å². The number of hydrogen-bond donors (Lipinski definition) is 0. The molecule has 112 valence electrons. The topological polar surface area (TPSA) is 16.1 Å². The van der Waals surface area contributed by atoms with Crippen molar-refractivity contribution in [2.45, 2.75) is 29.1 Å². The van der Waals surface area contributed by atoms with E-state index in [-0.39, 0.29) is 0 Å². The Hall–Kier alpha value is -1.36. The van der Waals surface area contributed by atoms with E-state index in [1.165, 1.54) is 34.0 Å². The fourth-order valence-electron chi connectivity index (χ4n) is 2.95. The first-order chi connectivity index (χ1) is 10.9. The van der Waals surface area contributed by atoms with Crippen LogP contribution in [-0.2, 0) is 6.54 Å². The van der Waals surface area contributed by atoms with Crippen molar-refractivity contribution in [3.05, 3.63) is 60.2 Å². The Labute approximate surface area is 139 Å². The summed E-state index contributed by atoms with van der Waals surface area (Å²) >= 11 is 3.76. The largest absolute Gasteiger partial charge is 0.287 e. The molecule has 2 aromatic carbocycles. The summed E-state index contributed by atoms with van der Waals surface area (Å²) in [7, 11) is 0. The van der Waals surface area contributed by atoms with E-state index in [1.807, 2.05) is 23.1 Å². The van der Waals surface area contributed by atoms with E-state index in [0.717, 1.165) is 12.1 Å². The number of para-hydroxylation sites is 1. The van der Waals surface area contributed by atoms with Gasteiger partial charge in [0.15, 0.2) is 4.34 Å². The maximum atomic E-state index is 4.77. The van der Waals surface area contributed by atoms with Gasteiger partial charge < -0.3 is 0 Å². The molecule has 0 spiro atoms. The third-order valence-electron chi connectivity index (χ3n) is 4.04. The van der Waals surface area contributed by atoms with Gasteiger partial charge in [-0.15, -0.1) is 11.3 Å². The molecule has 2 nitrogen and oxygen atoms in total. The average molecular weight is 326 g/mol. The SMILES string of the molecule is c1ccc(CN2CCCC2Sc2nc3ccccc3s2)cc1. The average Bonchev–Trinajstić information content (AvgIpc) is 3.15. The monoisotopic (exact) mass is 326 g/mol. The maximum Gasteiger partial charge on any atom is 0.152 e. The summed E-state index contributed by atoms with van der Waals surface area (Å²) in [6, 6.07) is 19.2. The number of thiazole rings is 1. The zero-order valence-electron chi connectivity index (χ0n) is 12.3. The number of hydrogen-bond acceptors (Lipinski definition) is 4. The molecular formula is C18H18N2S2. The smallest absolute Gasteiger partial charge is 0.152 e. The number of rotatable bonds is 4. The number of thioether (sulfide) groups is 1. The second-order valence-electron chi connectivity index (χ2n) is 5.62. The summed E-state index contributed by atoms with van der Waals surface area (Å²) in [5.74, 6) is 0. The van der Waals surface area contributed by atoms with Crippen LogP contribution in [0.4, 0.5) is 0 Å². The van der Waals surface area contributed by atoms with E-state index in [4.69, 9.17) is 4.98 Å². The molecule has 22 heavy (non-hydrogen) atoms. The molecule has 1 atom stereocenters. The Morgan fingerprint density at radius 3 is 2.77 bits per heavy atom. The third-order valence-corrected chi connectivity index (χ3v) is 6.51. The van der Waals surface area contributed by atoms with Crippen molar-refractivity contribution in [1.29, 1.82) is 0 Å². The highest BCUT2D eigenvalue weighted by molar-refractivity contribution is 8.01. The van der Waals surface area contributed by atoms with E-state index < -0.39 is 0 Å². The van der Waals surface area contributed by atoms with Crippen molar-refractivity contribution in [1.82, 2.24) is 9.88 Å². The zero-order chi connectivity index (χ0) is 14.8. The van der Waals surface area contributed by atoms with Crippen LogP contribution in [0.3, 0.4) is 0 Å². The standard InChI is InChI=1S/C18H18N2S2/c1-2-7-14(8-3-1)13-20-12-6-11-17(20)22-18-19-15-9-4-5-10-16(15)21-18/h1-5,7-10,17H,6,11-13H2. The summed E-state index contributed by atoms with van der Waals surface area (Å²) in [6.45, 7) is 2.24. The number of likely N-dealkylation sites (tertiary alicyclic amines) is 1. The van der Waals surface area contributed by atoms with Crippen LogP contribution in [0.1, 0.15) is 18.4 Å². The molecule has 0 saturated carbocycles. The first-order valence-electron chi connectivity index (χ1n) is 7.69. The predicted octanol–water partition coefficient (Wildman–Crippen LogP) is 5.01. The first kappa shape index (κ1) is 14.2. The van der Waals surface area contributed by atoms with Gasteiger partial charge >= 0.3 is 0 Å². The molecule has 1 aromatic heterocycles. The van der Waals surface area contributed by atoms with Crippen molar-refractivity contribution in [2.75, 3.05) is 6.54 Å². The summed E-state index contributed by atoms with van der Waals surface area (Å²) in [6.07, 6.45) is 2.54. The molecule has 0 amide bonds. The molecule has 2 heterocycles. The van der Waals surface area contributed by atoms with Crippen LogP contribution in [-0.4, -0.2) is 21.8 Å². The Kier molecular flexibility index (Phi) is 4.15. The zero-order valence-corrected chi connectivity index (χ0v) is 13.9. The minimum Gasteiger partial charge on any atom is -0.287 e. The number of nitrogens with zero attached hydrogens (tertiary/aromatic N) is 2. The summed E-state index contributed by atoms with van der Waals surface area (Å²) in [5.41, 5.74) is 2.53. The van der Waals surface area contributed by atoms with Gasteiger partial charge in [-0.1, -0.05) is 54.2 Å². The van der Waals surface area contributed by atoms with Crippen molar-refractivity contribution in [2.24, 2.45) is 0 Å². The van der Waals surface area contributed by atoms with Crippen molar-refractivity contribution >= 4 is 33.3 Å². The lowest BCUT2D eigenvalue weighted by atomic mass is 10.2. The molecule has 1 aliphatic rings. The Balaban J connectivity index is 1.49. The minimum atomic E-state index is 0.556. The van der Waals surface area contributed by atoms with Gasteiger partial charge in [0.05, 0.1) is 15.6 Å². The lowest BCUT2D eigenvalue weighted by Gasteiger charge is -2.23. The van der Waals surface area contributed by atoms with Crippen LogP contribution >= 0.6 is 23.1 Å². The molecule has 0 bridgehead atoms. The maximum absolute atomic E-state index is 4.77. The Morgan fingerprint density at radius 2 is 1.91 bits per heavy atom. The third kappa shape index (κ3) is 3.05. The van der Waals surface area contributed by atoms with E-state index in [0.29, 0.717) is 5.37 Å². The van der Waals surface area contributed by atoms with Crippen LogP contribution in [0, 0.1) is 0 Å². The highest BCUT2D eigenvalue weighted by Gasteiger charge is 2.26. The van der Waals surface area contributed by atoms with Gasteiger partial charge in [-0.2, -0.15) is 0 Å². The molecule has 4 heteroatoms. The van der Waals surface area contributed by atoms with E-state index >= 15 is 0 Å². The number of benzene rings is 2. The minimum absolute atomic E-state index is 0.556. The van der Waals surface area contributed by atoms with Crippen LogP contribution < -0.4 is 0 Å². The van der Waals surface area contributed by atoms with Gasteiger partial charge in [-0.3, -0.25) is 4.90 Å². The summed E-state index contributed by atoms with van der Waals surface area (Å²) < 4.78 is 2.49. The lowest BCUT2D eigenvalue weighted by molar-refractivity contribution is 0.309. The molecule has 0 radical (unpaired) electrons. The quantitative estimate of drug-likeness (QED) is 0.670. The van der Waals surface area contributed by atoms with Crippen LogP contribution in [0.5, 0.6) is 0 Å². The van der Waals surface area contributed by atoms with E-state index in [2.05, 4.69) is 59.5 Å². The molecular weight excluding hydrogens is 308 g/mol. The normalized spacial score (nSPS) is 19.0. The molecule has 0 aliphatic carbocycles. The number of aromatic nitrogens is 1. The van der Waals surface area contributed by atoms with Crippen molar-refractivity contribution in [3.63, 3.8) is 0 Å². The fraction of sp³-hybridized carbons (Fsp3) is 0.278. The molecule has 1 saturated heterocycles. The van der Waals surface area contributed by atoms with Crippen LogP contribution in [0.25, 0.3) is 10.2 Å². The van der Waals surface area contributed by atoms with Gasteiger partial charge in [-0.25, -0.2) is 4.98 Å². The second-order valence-corrected chi connectivity index (χ2v) is 8.07. The highest BCUT2D eigenvalue weighted by atomic mass is 32.2. The molecule has 1 aliphatic heterocycles.